The van der Waals surface area contributed by atoms with Crippen molar-refractivity contribution in [2.75, 3.05) is 87.4 Å². The molecule has 0 radical (unpaired) electrons. The molecule has 10 unspecified atom stereocenters. The van der Waals surface area contributed by atoms with Crippen LogP contribution in [-0.4, -0.2) is 247 Å². The monoisotopic (exact) mass is 1740 g/mol. The molecule has 0 amide bonds. The number of carboxylic acid groups (broad SMARTS) is 6. The van der Waals surface area contributed by atoms with Gasteiger partial charge in [0, 0.05) is 99.5 Å². The molecule has 0 aliphatic heterocycles. The van der Waals surface area contributed by atoms with E-state index >= 15 is 0 Å². The highest BCUT2D eigenvalue weighted by molar-refractivity contribution is 8.78. The molecule has 0 aliphatic carbocycles. The van der Waals surface area contributed by atoms with E-state index < -0.39 is 72.7 Å². The first-order chi connectivity index (χ1) is 52.4. The third-order valence-corrected chi connectivity index (χ3v) is 27.6. The van der Waals surface area contributed by atoms with Crippen LogP contribution in [0, 0.1) is 0 Å². The highest BCUT2D eigenvalue weighted by atomic mass is 33.1. The summed E-state index contributed by atoms with van der Waals surface area (Å²) in [5.41, 5.74) is 2.26. The van der Waals surface area contributed by atoms with Crippen molar-refractivity contribution < 1.29 is 145 Å². The molecule has 106 heavy (non-hydrogen) atoms. The second kappa shape index (κ2) is 71.7. The van der Waals surface area contributed by atoms with Crippen LogP contribution in [0.3, 0.4) is 0 Å². The van der Waals surface area contributed by atoms with E-state index in [1.54, 1.807) is 73.1 Å². The lowest BCUT2D eigenvalue weighted by atomic mass is 10.3. The quantitative estimate of drug-likeness (QED) is 0.0108. The highest BCUT2D eigenvalue weighted by Gasteiger charge is 2.23. The van der Waals surface area contributed by atoms with Gasteiger partial charge in [0.1, 0.15) is 77.3 Å². The van der Waals surface area contributed by atoms with Gasteiger partial charge in [-0.1, -0.05) is 169 Å². The molecule has 42 heteroatoms. The van der Waals surface area contributed by atoms with Crippen LogP contribution in [0.2, 0.25) is 0 Å². The zero-order valence-electron chi connectivity index (χ0n) is 68.1. The Kier molecular flexibility index (Phi) is 67.0. The maximum atomic E-state index is 11.4. The number of hydrogen-bond donors (Lipinski definition) is 6. The maximum absolute atomic E-state index is 11.4. The van der Waals surface area contributed by atoms with E-state index in [-0.39, 0.29) is 82.3 Å². The Morgan fingerprint density at radius 3 is 0.896 bits per heavy atom. The fourth-order valence-electron chi connectivity index (χ4n) is 4.40. The molecule has 612 valence electrons. The number of ether oxygens (including phenoxy) is 12. The van der Waals surface area contributed by atoms with Crippen molar-refractivity contribution in [2.24, 2.45) is 0 Å². The molecule has 30 nitrogen and oxygen atoms in total. The van der Waals surface area contributed by atoms with Crippen molar-refractivity contribution in [3.63, 3.8) is 0 Å². The summed E-state index contributed by atoms with van der Waals surface area (Å²) in [6.45, 7) is 50.9. The Hall–Kier alpha value is -4.92. The summed E-state index contributed by atoms with van der Waals surface area (Å²) in [5.74, 6) is 1.24. The Balaban J connectivity index is -0.000000301. The molecular weight excluding hydrogens is 1630 g/mol. The molecule has 0 aromatic rings. The zero-order chi connectivity index (χ0) is 87.3. The van der Waals surface area contributed by atoms with E-state index in [2.05, 4.69) is 89.1 Å². The van der Waals surface area contributed by atoms with Gasteiger partial charge in [-0.3, -0.25) is 0 Å². The van der Waals surface area contributed by atoms with Crippen molar-refractivity contribution in [3.05, 3.63) is 72.9 Å². The first kappa shape index (κ1) is 99.1. The molecule has 0 fully saturated rings. The van der Waals surface area contributed by atoms with Gasteiger partial charge in [0.05, 0.1) is 0 Å². The van der Waals surface area contributed by atoms with E-state index in [9.17, 15) is 57.5 Å². The molecular formula is C64H104O30S12. The minimum atomic E-state index is -1.02. The standard InChI is InChI=1S/C13H22O5S2.2C11H18O5S2.2C10H16O5S2.C9H14O5S2/c1-7(2)12(14)17-8(3)10(5)19-20-11(6)9(4)18-13(15)16;1-7(2)10(12)15-8(3)5-17-18-6-9(4)16-11(13)14;1-7(2)10(12)15-5-8(3)17-18-9(4)6-16-11(13)14;1-7(2)9(11)15-6-8(3)17-16-5-4-14-10(12)13;1-7(2)9(11)14-4-5-16-17-8(3)6-15-10(12)13;1-7(2)8(10)13-3-5-15-16-6-4-14-9(11)12/h8-11H,1H2,2-6H3,(H,15,16);2*8-9H,1,5-6H2,2-4H3,(H,13,14);2*8H,1,4-6H2,2-3H3,(H,12,13);1,3-6H2,2H3,(H,11,12)/i/hD6. The summed E-state index contributed by atoms with van der Waals surface area (Å²) in [5, 5.41) is 22.1. The summed E-state index contributed by atoms with van der Waals surface area (Å²) >= 11 is 0. The summed E-state index contributed by atoms with van der Waals surface area (Å²) < 4.78 is 95.7. The normalized spacial score (nSPS) is 13.5. The van der Waals surface area contributed by atoms with Gasteiger partial charge in [0.2, 0.25) is 0 Å². The second-order valence-electron chi connectivity index (χ2n) is 21.1. The van der Waals surface area contributed by atoms with Gasteiger partial charge in [0.15, 0.2) is 0 Å². The van der Waals surface area contributed by atoms with Crippen molar-refractivity contribution in [2.45, 2.75) is 167 Å². The van der Waals surface area contributed by atoms with Gasteiger partial charge in [0.25, 0.3) is 0 Å². The Labute approximate surface area is 678 Å². The molecule has 0 rings (SSSR count). The summed E-state index contributed by atoms with van der Waals surface area (Å²) in [6, 6.07) is 0. The predicted molar refractivity (Wildman–Crippen MR) is 434 cm³/mol. The summed E-state index contributed by atoms with van der Waals surface area (Å²) in [7, 11) is 18.1. The largest absolute Gasteiger partial charge is 0.506 e. The second-order valence-corrected chi connectivity index (χ2v) is 38.4. The summed E-state index contributed by atoms with van der Waals surface area (Å²) in [6.07, 6.45) is -7.27. The smallest absolute Gasteiger partial charge is 0.461 e. The Bertz CT molecular complexity index is 2830. The molecule has 0 aliphatic rings. The molecule has 0 heterocycles. The van der Waals surface area contributed by atoms with Crippen LogP contribution in [0.25, 0.3) is 8.59 Å². The van der Waals surface area contributed by atoms with Gasteiger partial charge < -0.3 is 87.5 Å². The number of esters is 6. The lowest BCUT2D eigenvalue weighted by molar-refractivity contribution is -0.143. The molecule has 0 spiro atoms. The molecule has 0 bridgehead atoms. The van der Waals surface area contributed by atoms with Crippen molar-refractivity contribution in [1.82, 2.24) is 0 Å². The third-order valence-electron chi connectivity index (χ3n) is 9.92. The minimum Gasteiger partial charge on any atom is -0.461 e. The van der Waals surface area contributed by atoms with Crippen LogP contribution < -0.4 is 0 Å². The van der Waals surface area contributed by atoms with Crippen LogP contribution in [0.1, 0.15) is 111 Å². The van der Waals surface area contributed by atoms with Crippen LogP contribution in [0.5, 0.6) is 0 Å². The number of rotatable bonds is 48. The first-order valence-corrected chi connectivity index (χ1v) is 45.3. The maximum Gasteiger partial charge on any atom is 0.506 e. The molecule has 0 saturated carbocycles. The third kappa shape index (κ3) is 83.1. The highest BCUT2D eigenvalue weighted by Crippen LogP contribution is 2.36. The van der Waals surface area contributed by atoms with Crippen molar-refractivity contribution in [1.29, 1.82) is 8.59 Å². The zero-order valence-corrected chi connectivity index (χ0v) is 71.9. The van der Waals surface area contributed by atoms with Gasteiger partial charge in [-0.15, -0.1) is 0 Å². The minimum absolute atomic E-state index is 0.000548. The van der Waals surface area contributed by atoms with Crippen molar-refractivity contribution >= 4 is 202 Å². The van der Waals surface area contributed by atoms with Crippen LogP contribution in [0.15, 0.2) is 72.9 Å². The Morgan fingerprint density at radius 1 is 0.292 bits per heavy atom. The van der Waals surface area contributed by atoms with Crippen LogP contribution in [0.4, 0.5) is 28.8 Å². The van der Waals surface area contributed by atoms with Gasteiger partial charge >= 0.3 is 81.3 Å². The SMILES string of the molecule is [2H]OC(=O)OC(C)C(C)SSC(C)C(C)OC(=O)C(=C)C.[2H]OC(=O)OC(C)CSSCC(C)OC(=O)C(=C)C.[2H]OC(=O)OCC(C)SSC(C)COC(=O)C(=C)C.[2H]OC(=O)OCC(C)SSCCOC(=O)C(=C)C.[2H]OC(=O)OCCSSC(C)COC(=O)C(=C)C.[2H]OC(=O)OCCSSCCOC(=O)C(=C)C. The van der Waals surface area contributed by atoms with E-state index in [1.165, 1.54) is 119 Å². The van der Waals surface area contributed by atoms with Gasteiger partial charge in [-0.05, 0) is 111 Å². The lowest BCUT2D eigenvalue weighted by Gasteiger charge is -2.23. The summed E-state index contributed by atoms with van der Waals surface area (Å²) in [4.78, 5) is 130. The molecule has 0 aromatic heterocycles. The molecule has 10 atom stereocenters. The fourth-order valence-corrected chi connectivity index (χ4v) is 17.3. The molecule has 0 aromatic carbocycles. The Morgan fingerprint density at radius 2 is 0.557 bits per heavy atom. The predicted octanol–water partition coefficient (Wildman–Crippen LogP) is 17.0. The topological polar surface area (TPSA) is 437 Å². The first-order valence-electron chi connectivity index (χ1n) is 33.5. The lowest BCUT2D eigenvalue weighted by Crippen LogP contribution is -2.25. The number of carbonyl (C=O) groups is 12. The average Bonchev–Trinajstić information content (AvgIpc) is 0.916. The van der Waals surface area contributed by atoms with E-state index in [0.717, 1.165) is 0 Å². The molecule has 0 saturated heterocycles. The van der Waals surface area contributed by atoms with Gasteiger partial charge in [-0.2, -0.15) is 0 Å². The van der Waals surface area contributed by atoms with Gasteiger partial charge in [-0.25, -0.2) is 57.5 Å². The van der Waals surface area contributed by atoms with E-state index in [1.807, 2.05) is 48.5 Å². The van der Waals surface area contributed by atoms with Crippen molar-refractivity contribution in [3.8, 4) is 0 Å². The molecule has 6 N–H and O–H groups in total. The number of carbonyl (C=O) groups excluding carboxylic acids is 6. The van der Waals surface area contributed by atoms with Crippen LogP contribution in [-0.2, 0) is 85.6 Å². The van der Waals surface area contributed by atoms with E-state index in [0.29, 0.717) is 94.4 Å². The van der Waals surface area contributed by atoms with Crippen LogP contribution >= 0.6 is 130 Å². The number of hydrogen-bond acceptors (Lipinski definition) is 42. The van der Waals surface area contributed by atoms with E-state index in [4.69, 9.17) is 46.5 Å². The fraction of sp³-hybridized carbons (Fsp3) is 0.625. The average molecular weight is 1740 g/mol.